The molecule has 0 saturated carbocycles. The van der Waals surface area contributed by atoms with Crippen LogP contribution in [0, 0.1) is 0 Å². The lowest BCUT2D eigenvalue weighted by atomic mass is 10.1. The van der Waals surface area contributed by atoms with Gasteiger partial charge in [-0.25, -0.2) is 4.98 Å². The van der Waals surface area contributed by atoms with Gasteiger partial charge in [-0.15, -0.1) is 0 Å². The number of nitrogens with zero attached hydrogens (tertiary/aromatic N) is 1. The lowest BCUT2D eigenvalue weighted by Gasteiger charge is -2.14. The van der Waals surface area contributed by atoms with Crippen LogP contribution >= 0.6 is 0 Å². The van der Waals surface area contributed by atoms with Crippen molar-refractivity contribution in [2.24, 2.45) is 0 Å². The van der Waals surface area contributed by atoms with E-state index in [1.54, 1.807) is 0 Å². The summed E-state index contributed by atoms with van der Waals surface area (Å²) >= 11 is 0. The van der Waals surface area contributed by atoms with E-state index in [-0.39, 0.29) is 0 Å². The molecule has 0 aromatic carbocycles. The van der Waals surface area contributed by atoms with Gasteiger partial charge >= 0.3 is 0 Å². The Morgan fingerprint density at radius 3 is 2.79 bits per heavy atom. The molecule has 0 saturated heterocycles. The Bertz CT molecular complexity index is 341. The largest absolute Gasteiger partial charge is 0.478 e. The molecule has 1 N–H and O–H groups in total. The number of nitrogens with one attached hydrogen (secondary N) is 1. The van der Waals surface area contributed by atoms with Gasteiger partial charge < -0.3 is 10.1 Å². The number of aromatic nitrogens is 1. The molecule has 1 aromatic rings. The first-order valence-electron chi connectivity index (χ1n) is 7.60. The van der Waals surface area contributed by atoms with Gasteiger partial charge in [0.1, 0.15) is 0 Å². The van der Waals surface area contributed by atoms with Crippen LogP contribution in [0.1, 0.15) is 64.5 Å². The van der Waals surface area contributed by atoms with Crippen molar-refractivity contribution in [3.05, 3.63) is 23.9 Å². The first-order valence-corrected chi connectivity index (χ1v) is 7.60. The van der Waals surface area contributed by atoms with Crippen LogP contribution in [0.4, 0.5) is 0 Å². The van der Waals surface area contributed by atoms with Crippen LogP contribution in [0.5, 0.6) is 5.88 Å². The molecule has 108 valence electrons. The molecule has 19 heavy (non-hydrogen) atoms. The third kappa shape index (κ3) is 6.58. The Balaban J connectivity index is 2.38. The Hall–Kier alpha value is -1.09. The summed E-state index contributed by atoms with van der Waals surface area (Å²) in [5.41, 5.74) is 1.24. The van der Waals surface area contributed by atoms with Crippen LogP contribution in [-0.2, 0) is 0 Å². The molecule has 3 heteroatoms. The fourth-order valence-corrected chi connectivity index (χ4v) is 1.96. The van der Waals surface area contributed by atoms with Crippen molar-refractivity contribution in [1.29, 1.82) is 0 Å². The minimum Gasteiger partial charge on any atom is -0.478 e. The van der Waals surface area contributed by atoms with Gasteiger partial charge in [-0.3, -0.25) is 0 Å². The minimum atomic E-state index is 0.352. The third-order valence-corrected chi connectivity index (χ3v) is 3.21. The Labute approximate surface area is 117 Å². The molecular weight excluding hydrogens is 236 g/mol. The van der Waals surface area contributed by atoms with Crippen molar-refractivity contribution in [1.82, 2.24) is 10.3 Å². The van der Waals surface area contributed by atoms with Crippen molar-refractivity contribution < 1.29 is 4.74 Å². The summed E-state index contributed by atoms with van der Waals surface area (Å²) < 4.78 is 5.71. The van der Waals surface area contributed by atoms with E-state index in [2.05, 4.69) is 37.1 Å². The van der Waals surface area contributed by atoms with Gasteiger partial charge in [0.2, 0.25) is 5.88 Å². The van der Waals surface area contributed by atoms with Crippen LogP contribution in [0.3, 0.4) is 0 Å². The smallest absolute Gasteiger partial charge is 0.213 e. The minimum absolute atomic E-state index is 0.352. The summed E-state index contributed by atoms with van der Waals surface area (Å²) in [5, 5.41) is 3.48. The molecule has 1 heterocycles. The van der Waals surface area contributed by atoms with Gasteiger partial charge in [-0.2, -0.15) is 0 Å². The maximum Gasteiger partial charge on any atom is 0.213 e. The summed E-state index contributed by atoms with van der Waals surface area (Å²) in [6.07, 6.45) is 7.88. The maximum atomic E-state index is 5.71. The Kier molecular flexibility index (Phi) is 8.23. The zero-order valence-corrected chi connectivity index (χ0v) is 12.6. The van der Waals surface area contributed by atoms with Crippen molar-refractivity contribution in [2.75, 3.05) is 13.2 Å². The molecular formula is C16H28N2O. The second-order valence-electron chi connectivity index (χ2n) is 5.01. The summed E-state index contributed by atoms with van der Waals surface area (Å²) in [5.74, 6) is 0.749. The predicted octanol–water partition coefficient (Wildman–Crippen LogP) is 4.10. The lowest BCUT2D eigenvalue weighted by Crippen LogP contribution is -2.19. The molecule has 0 radical (unpaired) electrons. The number of hydrogen-bond donors (Lipinski definition) is 1. The van der Waals surface area contributed by atoms with Crippen LogP contribution in [0.15, 0.2) is 18.3 Å². The van der Waals surface area contributed by atoms with Crippen LogP contribution in [0.25, 0.3) is 0 Å². The second kappa shape index (κ2) is 9.79. The standard InChI is InChI=1S/C16H28N2O/c1-4-6-7-8-12-19-16-13-15(9-11-18-16)14(3)17-10-5-2/h9,11,13-14,17H,4-8,10,12H2,1-3H3. The molecule has 1 aromatic heterocycles. The van der Waals surface area contributed by atoms with Gasteiger partial charge in [0.15, 0.2) is 0 Å². The molecule has 3 nitrogen and oxygen atoms in total. The van der Waals surface area contributed by atoms with Crippen molar-refractivity contribution in [3.8, 4) is 5.88 Å². The normalized spacial score (nSPS) is 12.4. The molecule has 0 aliphatic heterocycles. The Morgan fingerprint density at radius 1 is 1.21 bits per heavy atom. The average molecular weight is 264 g/mol. The van der Waals surface area contributed by atoms with Crippen LogP contribution in [-0.4, -0.2) is 18.1 Å². The predicted molar refractivity (Wildman–Crippen MR) is 80.6 cm³/mol. The van der Waals surface area contributed by atoms with E-state index in [9.17, 15) is 0 Å². The van der Waals surface area contributed by atoms with Crippen LogP contribution in [0.2, 0.25) is 0 Å². The van der Waals surface area contributed by atoms with E-state index < -0.39 is 0 Å². The molecule has 1 unspecified atom stereocenters. The van der Waals surface area contributed by atoms with Gasteiger partial charge in [-0.05, 0) is 37.9 Å². The summed E-state index contributed by atoms with van der Waals surface area (Å²) in [6, 6.07) is 4.45. The zero-order chi connectivity index (χ0) is 13.9. The average Bonchev–Trinajstić information content (AvgIpc) is 2.45. The molecule has 0 amide bonds. The van der Waals surface area contributed by atoms with E-state index in [0.29, 0.717) is 6.04 Å². The third-order valence-electron chi connectivity index (χ3n) is 3.21. The fraction of sp³-hybridized carbons (Fsp3) is 0.688. The maximum absolute atomic E-state index is 5.71. The number of unbranched alkanes of at least 4 members (excludes halogenated alkanes) is 3. The molecule has 0 bridgehead atoms. The van der Waals surface area contributed by atoms with E-state index >= 15 is 0 Å². The van der Waals surface area contributed by atoms with Gasteiger partial charge in [0, 0.05) is 18.3 Å². The molecule has 1 rings (SSSR count). The highest BCUT2D eigenvalue weighted by Crippen LogP contribution is 2.16. The highest BCUT2D eigenvalue weighted by molar-refractivity contribution is 5.23. The summed E-state index contributed by atoms with van der Waals surface area (Å²) in [6.45, 7) is 8.38. The SMILES string of the molecule is CCCCCCOc1cc(C(C)NCCC)ccn1. The van der Waals surface area contributed by atoms with Gasteiger partial charge in [0.05, 0.1) is 6.61 Å². The topological polar surface area (TPSA) is 34.1 Å². The zero-order valence-electron chi connectivity index (χ0n) is 12.6. The first kappa shape index (κ1) is 16.0. The second-order valence-corrected chi connectivity index (χ2v) is 5.01. The number of ether oxygens (including phenoxy) is 1. The van der Waals surface area contributed by atoms with Crippen LogP contribution < -0.4 is 10.1 Å². The monoisotopic (exact) mass is 264 g/mol. The lowest BCUT2D eigenvalue weighted by molar-refractivity contribution is 0.293. The Morgan fingerprint density at radius 2 is 2.05 bits per heavy atom. The van der Waals surface area contributed by atoms with E-state index in [0.717, 1.165) is 31.9 Å². The van der Waals surface area contributed by atoms with E-state index in [1.807, 2.05) is 12.3 Å². The van der Waals surface area contributed by atoms with Gasteiger partial charge in [-0.1, -0.05) is 33.1 Å². The van der Waals surface area contributed by atoms with Crippen molar-refractivity contribution in [2.45, 2.75) is 58.9 Å². The molecule has 0 aliphatic carbocycles. The first-order chi connectivity index (χ1) is 9.27. The van der Waals surface area contributed by atoms with Gasteiger partial charge in [0.25, 0.3) is 0 Å². The molecule has 0 fully saturated rings. The van der Waals surface area contributed by atoms with E-state index in [1.165, 1.54) is 24.8 Å². The number of pyridine rings is 1. The summed E-state index contributed by atoms with van der Waals surface area (Å²) in [7, 11) is 0. The number of rotatable bonds is 10. The number of hydrogen-bond acceptors (Lipinski definition) is 3. The van der Waals surface area contributed by atoms with Crippen molar-refractivity contribution >= 4 is 0 Å². The quantitative estimate of drug-likeness (QED) is 0.646. The van der Waals surface area contributed by atoms with E-state index in [4.69, 9.17) is 4.74 Å². The highest BCUT2D eigenvalue weighted by atomic mass is 16.5. The summed E-state index contributed by atoms with van der Waals surface area (Å²) in [4.78, 5) is 4.27. The molecule has 0 spiro atoms. The molecule has 0 aliphatic rings. The highest BCUT2D eigenvalue weighted by Gasteiger charge is 2.05. The van der Waals surface area contributed by atoms with Crippen molar-refractivity contribution in [3.63, 3.8) is 0 Å². The fourth-order valence-electron chi connectivity index (χ4n) is 1.96. The molecule has 1 atom stereocenters.